The van der Waals surface area contributed by atoms with Crippen molar-refractivity contribution in [3.05, 3.63) is 53.2 Å². The summed E-state index contributed by atoms with van der Waals surface area (Å²) in [4.78, 5) is 41.0. The Kier molecular flexibility index (Phi) is 5.17. The second kappa shape index (κ2) is 8.26. The van der Waals surface area contributed by atoms with Crippen LogP contribution in [0.2, 0.25) is 0 Å². The molecule has 0 unspecified atom stereocenters. The first-order valence-corrected chi connectivity index (χ1v) is 12.4. The molecule has 5 heterocycles. The molecule has 2 aliphatic rings. The SMILES string of the molecule is CNCC1(O)CCN(c2nc(C3=C(c4c[nH]c5ccsc45)C(=O)NC3=O)c3ccccc3n2)CC1. The molecule has 0 spiro atoms. The lowest BCUT2D eigenvalue weighted by Crippen LogP contribution is -2.49. The molecular formula is C25H24N6O3S. The molecule has 35 heavy (non-hydrogen) atoms. The zero-order chi connectivity index (χ0) is 24.2. The van der Waals surface area contributed by atoms with Gasteiger partial charge in [-0.1, -0.05) is 18.2 Å². The van der Waals surface area contributed by atoms with E-state index in [1.165, 1.54) is 11.3 Å². The molecule has 0 saturated carbocycles. The van der Waals surface area contributed by atoms with Gasteiger partial charge in [-0.3, -0.25) is 14.9 Å². The number of amides is 2. The van der Waals surface area contributed by atoms with Gasteiger partial charge in [-0.15, -0.1) is 11.3 Å². The van der Waals surface area contributed by atoms with Gasteiger partial charge in [0.2, 0.25) is 5.95 Å². The fourth-order valence-electron chi connectivity index (χ4n) is 5.00. The first-order chi connectivity index (χ1) is 17.0. The number of nitrogens with one attached hydrogen (secondary N) is 3. The summed E-state index contributed by atoms with van der Waals surface area (Å²) in [5, 5.41) is 19.0. The number of aromatic nitrogens is 3. The number of para-hydroxylation sites is 1. The van der Waals surface area contributed by atoms with Crippen LogP contribution in [-0.4, -0.2) is 64.2 Å². The molecular weight excluding hydrogens is 464 g/mol. The van der Waals surface area contributed by atoms with E-state index in [1.54, 1.807) is 6.20 Å². The Morgan fingerprint density at radius 2 is 1.89 bits per heavy atom. The van der Waals surface area contributed by atoms with E-state index in [9.17, 15) is 14.7 Å². The Labute approximate surface area is 204 Å². The van der Waals surface area contributed by atoms with Crippen LogP contribution in [0.15, 0.2) is 41.9 Å². The predicted octanol–water partition coefficient (Wildman–Crippen LogP) is 2.29. The number of aromatic amines is 1. The number of fused-ring (bicyclic) bond motifs is 2. The van der Waals surface area contributed by atoms with Crippen molar-refractivity contribution in [2.45, 2.75) is 18.4 Å². The maximum absolute atomic E-state index is 13.1. The third-order valence-corrected chi connectivity index (χ3v) is 7.74. The Morgan fingerprint density at radius 1 is 1.11 bits per heavy atom. The van der Waals surface area contributed by atoms with Crippen LogP contribution in [0.25, 0.3) is 32.3 Å². The molecule has 6 rings (SSSR count). The lowest BCUT2D eigenvalue weighted by atomic mass is 9.91. The van der Waals surface area contributed by atoms with E-state index in [-0.39, 0.29) is 5.57 Å². The predicted molar refractivity (Wildman–Crippen MR) is 136 cm³/mol. The van der Waals surface area contributed by atoms with E-state index in [4.69, 9.17) is 9.97 Å². The Bertz CT molecular complexity index is 1510. The van der Waals surface area contributed by atoms with Gasteiger partial charge in [-0.25, -0.2) is 9.97 Å². The molecule has 4 aromatic rings. The van der Waals surface area contributed by atoms with Gasteiger partial charge in [0.1, 0.15) is 0 Å². The molecule has 10 heteroatoms. The Hall–Kier alpha value is -3.60. The zero-order valence-electron chi connectivity index (χ0n) is 19.1. The Balaban J connectivity index is 1.51. The highest BCUT2D eigenvalue weighted by Gasteiger charge is 2.37. The van der Waals surface area contributed by atoms with E-state index in [0.717, 1.165) is 10.2 Å². The van der Waals surface area contributed by atoms with Gasteiger partial charge in [-0.2, -0.15) is 0 Å². The second-order valence-corrected chi connectivity index (χ2v) is 9.95. The minimum absolute atomic E-state index is 0.257. The van der Waals surface area contributed by atoms with Crippen molar-refractivity contribution in [1.29, 1.82) is 0 Å². The number of rotatable bonds is 5. The van der Waals surface area contributed by atoms with Crippen molar-refractivity contribution in [3.8, 4) is 0 Å². The van der Waals surface area contributed by atoms with E-state index >= 15 is 0 Å². The number of carbonyl (C=O) groups is 2. The van der Waals surface area contributed by atoms with Crippen molar-refractivity contribution in [1.82, 2.24) is 25.6 Å². The number of aliphatic hydroxyl groups is 1. The minimum atomic E-state index is -0.765. The monoisotopic (exact) mass is 488 g/mol. The zero-order valence-corrected chi connectivity index (χ0v) is 19.9. The molecule has 0 radical (unpaired) electrons. The molecule has 178 valence electrons. The number of piperidine rings is 1. The highest BCUT2D eigenvalue weighted by Crippen LogP contribution is 2.38. The molecule has 2 amide bonds. The first kappa shape index (κ1) is 21.9. The molecule has 0 bridgehead atoms. The summed E-state index contributed by atoms with van der Waals surface area (Å²) >= 11 is 1.51. The number of hydrogen-bond acceptors (Lipinski definition) is 8. The Morgan fingerprint density at radius 3 is 2.69 bits per heavy atom. The van der Waals surface area contributed by atoms with E-state index in [1.807, 2.05) is 47.7 Å². The van der Waals surface area contributed by atoms with Crippen molar-refractivity contribution in [2.75, 3.05) is 31.6 Å². The summed E-state index contributed by atoms with van der Waals surface area (Å²) in [5.74, 6) is -0.411. The first-order valence-electron chi connectivity index (χ1n) is 11.5. The van der Waals surface area contributed by atoms with E-state index < -0.39 is 17.4 Å². The minimum Gasteiger partial charge on any atom is -0.388 e. The molecule has 9 nitrogen and oxygen atoms in total. The molecule has 0 aliphatic carbocycles. The van der Waals surface area contributed by atoms with Gasteiger partial charge in [-0.05, 0) is 37.4 Å². The maximum atomic E-state index is 13.1. The van der Waals surface area contributed by atoms with Crippen molar-refractivity contribution in [2.24, 2.45) is 0 Å². The second-order valence-electron chi connectivity index (χ2n) is 9.03. The fourth-order valence-corrected chi connectivity index (χ4v) is 5.88. The summed E-state index contributed by atoms with van der Waals surface area (Å²) in [6, 6.07) is 9.46. The van der Waals surface area contributed by atoms with Gasteiger partial charge < -0.3 is 20.3 Å². The molecule has 3 aromatic heterocycles. The molecule has 0 atom stereocenters. The third-order valence-electron chi connectivity index (χ3n) is 6.79. The van der Waals surface area contributed by atoms with Crippen molar-refractivity contribution in [3.63, 3.8) is 0 Å². The van der Waals surface area contributed by atoms with Gasteiger partial charge in [0, 0.05) is 36.8 Å². The summed E-state index contributed by atoms with van der Waals surface area (Å²) in [6.45, 7) is 1.69. The number of H-pyrrole nitrogens is 1. The number of imide groups is 1. The average Bonchev–Trinajstić information content (AvgIpc) is 3.53. The van der Waals surface area contributed by atoms with Crippen LogP contribution in [0.1, 0.15) is 24.1 Å². The number of likely N-dealkylation sites (N-methyl/N-ethyl adjacent to an activating group) is 1. The number of carbonyl (C=O) groups excluding carboxylic acids is 2. The van der Waals surface area contributed by atoms with Crippen LogP contribution >= 0.6 is 11.3 Å². The van der Waals surface area contributed by atoms with Crippen LogP contribution < -0.4 is 15.5 Å². The maximum Gasteiger partial charge on any atom is 0.261 e. The van der Waals surface area contributed by atoms with Gasteiger partial charge in [0.25, 0.3) is 11.8 Å². The topological polar surface area (TPSA) is 123 Å². The lowest BCUT2D eigenvalue weighted by molar-refractivity contribution is -0.122. The van der Waals surface area contributed by atoms with Gasteiger partial charge in [0.15, 0.2) is 0 Å². The number of nitrogens with zero attached hydrogens (tertiary/aromatic N) is 3. The van der Waals surface area contributed by atoms with Gasteiger partial charge in [0.05, 0.1) is 38.2 Å². The van der Waals surface area contributed by atoms with E-state index in [0.29, 0.717) is 66.2 Å². The summed E-state index contributed by atoms with van der Waals surface area (Å²) < 4.78 is 0.917. The molecule has 1 fully saturated rings. The van der Waals surface area contributed by atoms with Crippen LogP contribution in [0.5, 0.6) is 0 Å². The molecule has 1 saturated heterocycles. The van der Waals surface area contributed by atoms with Gasteiger partial charge >= 0.3 is 0 Å². The molecule has 2 aliphatic heterocycles. The third kappa shape index (κ3) is 3.61. The quantitative estimate of drug-likeness (QED) is 0.318. The van der Waals surface area contributed by atoms with Crippen LogP contribution in [0.4, 0.5) is 5.95 Å². The normalized spacial score (nSPS) is 18.2. The number of anilines is 1. The smallest absolute Gasteiger partial charge is 0.261 e. The van der Waals surface area contributed by atoms with Crippen molar-refractivity contribution < 1.29 is 14.7 Å². The average molecular weight is 489 g/mol. The molecule has 4 N–H and O–H groups in total. The summed E-state index contributed by atoms with van der Waals surface area (Å²) in [6.07, 6.45) is 2.92. The summed E-state index contributed by atoms with van der Waals surface area (Å²) in [5.41, 5.74) is 2.54. The highest BCUT2D eigenvalue weighted by atomic mass is 32.1. The number of hydrogen-bond donors (Lipinski definition) is 4. The van der Waals surface area contributed by atoms with E-state index in [2.05, 4.69) is 15.6 Å². The molecule has 1 aromatic carbocycles. The highest BCUT2D eigenvalue weighted by molar-refractivity contribution is 7.17. The summed E-state index contributed by atoms with van der Waals surface area (Å²) in [7, 11) is 1.83. The number of thiophene rings is 1. The standard InChI is InChI=1S/C25H24N6O3S/c1-26-13-25(34)7-9-31(10-8-25)24-28-16-5-3-2-4-14(16)20(29-24)19-18(22(32)30-23(19)33)15-12-27-17-6-11-35-21(15)17/h2-6,11-12,26-27,34H,7-10,13H2,1H3,(H,30,32,33). The van der Waals surface area contributed by atoms with Crippen LogP contribution in [-0.2, 0) is 9.59 Å². The van der Waals surface area contributed by atoms with Crippen LogP contribution in [0.3, 0.4) is 0 Å². The van der Waals surface area contributed by atoms with Crippen LogP contribution in [0, 0.1) is 0 Å². The number of benzene rings is 1. The largest absolute Gasteiger partial charge is 0.388 e. The lowest BCUT2D eigenvalue weighted by Gasteiger charge is -2.38. The van der Waals surface area contributed by atoms with Crippen molar-refractivity contribution >= 4 is 61.4 Å². The fraction of sp³-hybridized carbons (Fsp3) is 0.280.